The number of carbonyl (C=O) groups excluding carboxylic acids is 1. The normalized spacial score (nSPS) is 13.9. The quantitative estimate of drug-likeness (QED) is 0.876. The van der Waals surface area contributed by atoms with E-state index < -0.39 is 0 Å². The summed E-state index contributed by atoms with van der Waals surface area (Å²) in [6.45, 7) is 6.01. The lowest BCUT2D eigenvalue weighted by atomic mass is 10.1. The van der Waals surface area contributed by atoms with Crippen molar-refractivity contribution in [3.05, 3.63) is 34.3 Å². The molecule has 94 valence electrons. The number of benzene rings is 1. The third-order valence-electron chi connectivity index (χ3n) is 2.71. The van der Waals surface area contributed by atoms with E-state index in [1.54, 1.807) is 0 Å². The Morgan fingerprint density at radius 1 is 1.24 bits per heavy atom. The second-order valence-corrected chi connectivity index (χ2v) is 5.12. The number of hydrogen-bond donors (Lipinski definition) is 2. The summed E-state index contributed by atoms with van der Waals surface area (Å²) in [5.41, 5.74) is 1.09. The van der Waals surface area contributed by atoms with Gasteiger partial charge in [-0.1, -0.05) is 35.0 Å². The summed E-state index contributed by atoms with van der Waals surface area (Å²) in [7, 11) is 0. The molecule has 2 N–H and O–H groups in total. The van der Waals surface area contributed by atoms with Crippen LogP contribution in [0.5, 0.6) is 0 Å². The molecule has 1 aromatic carbocycles. The minimum atomic E-state index is -0.116. The van der Waals surface area contributed by atoms with E-state index in [0.29, 0.717) is 0 Å². The third kappa shape index (κ3) is 4.77. The lowest BCUT2D eigenvalue weighted by Crippen LogP contribution is -2.41. The summed E-state index contributed by atoms with van der Waals surface area (Å²) in [6, 6.07) is 8.03. The van der Waals surface area contributed by atoms with Gasteiger partial charge in [0, 0.05) is 10.5 Å². The van der Waals surface area contributed by atoms with E-state index in [1.165, 1.54) is 0 Å². The molecule has 0 aliphatic carbocycles. The molecule has 0 saturated heterocycles. The Labute approximate surface area is 111 Å². The van der Waals surface area contributed by atoms with Gasteiger partial charge in [-0.05, 0) is 38.0 Å². The standard InChI is InChI=1S/C13H19BrN2O/c1-4-9(2)15-13(17)16-10(3)11-5-7-12(14)8-6-11/h5-10H,4H2,1-3H3,(H2,15,16,17). The number of nitrogens with one attached hydrogen (secondary N) is 2. The van der Waals surface area contributed by atoms with E-state index in [1.807, 2.05) is 45.0 Å². The Morgan fingerprint density at radius 2 is 1.82 bits per heavy atom. The summed E-state index contributed by atoms with van der Waals surface area (Å²) in [5, 5.41) is 5.80. The molecule has 2 amide bonds. The predicted molar refractivity (Wildman–Crippen MR) is 74.0 cm³/mol. The van der Waals surface area contributed by atoms with Crippen LogP contribution in [0.2, 0.25) is 0 Å². The fraction of sp³-hybridized carbons (Fsp3) is 0.462. The Balaban J connectivity index is 2.51. The van der Waals surface area contributed by atoms with Crippen molar-refractivity contribution in [1.82, 2.24) is 10.6 Å². The highest BCUT2D eigenvalue weighted by atomic mass is 79.9. The lowest BCUT2D eigenvalue weighted by molar-refractivity contribution is 0.234. The van der Waals surface area contributed by atoms with Crippen molar-refractivity contribution in [3.63, 3.8) is 0 Å². The van der Waals surface area contributed by atoms with E-state index in [2.05, 4.69) is 26.6 Å². The molecule has 1 rings (SSSR count). The maximum Gasteiger partial charge on any atom is 0.315 e. The van der Waals surface area contributed by atoms with Gasteiger partial charge < -0.3 is 10.6 Å². The van der Waals surface area contributed by atoms with Gasteiger partial charge in [0.15, 0.2) is 0 Å². The molecule has 0 spiro atoms. The largest absolute Gasteiger partial charge is 0.336 e. The monoisotopic (exact) mass is 298 g/mol. The van der Waals surface area contributed by atoms with E-state index >= 15 is 0 Å². The Kier molecular flexibility index (Phi) is 5.48. The molecular weight excluding hydrogens is 280 g/mol. The van der Waals surface area contributed by atoms with Crippen LogP contribution in [-0.4, -0.2) is 12.1 Å². The Hall–Kier alpha value is -1.03. The molecule has 1 aromatic rings. The fourth-order valence-electron chi connectivity index (χ4n) is 1.40. The van der Waals surface area contributed by atoms with Crippen LogP contribution >= 0.6 is 15.9 Å². The maximum absolute atomic E-state index is 11.6. The first-order valence-corrected chi connectivity index (χ1v) is 6.64. The smallest absolute Gasteiger partial charge is 0.315 e. The summed E-state index contributed by atoms with van der Waals surface area (Å²) in [5.74, 6) is 0. The molecule has 0 heterocycles. The summed E-state index contributed by atoms with van der Waals surface area (Å²) in [4.78, 5) is 11.6. The van der Waals surface area contributed by atoms with Crippen molar-refractivity contribution in [2.45, 2.75) is 39.3 Å². The average Bonchev–Trinajstić information content (AvgIpc) is 2.29. The van der Waals surface area contributed by atoms with Crippen molar-refractivity contribution < 1.29 is 4.79 Å². The molecule has 0 aliphatic heterocycles. The SMILES string of the molecule is CCC(C)NC(=O)NC(C)c1ccc(Br)cc1. The van der Waals surface area contributed by atoms with Crippen LogP contribution in [0.3, 0.4) is 0 Å². The number of amides is 2. The van der Waals surface area contributed by atoms with Gasteiger partial charge in [0.2, 0.25) is 0 Å². The third-order valence-corrected chi connectivity index (χ3v) is 3.24. The number of rotatable bonds is 4. The van der Waals surface area contributed by atoms with Crippen molar-refractivity contribution in [3.8, 4) is 0 Å². The van der Waals surface area contributed by atoms with Gasteiger partial charge in [0.25, 0.3) is 0 Å². The maximum atomic E-state index is 11.6. The van der Waals surface area contributed by atoms with E-state index in [9.17, 15) is 4.79 Å². The average molecular weight is 299 g/mol. The van der Waals surface area contributed by atoms with E-state index in [-0.39, 0.29) is 18.1 Å². The first kappa shape index (κ1) is 14.0. The highest BCUT2D eigenvalue weighted by Gasteiger charge is 2.10. The fourth-order valence-corrected chi connectivity index (χ4v) is 1.66. The number of urea groups is 1. The van der Waals surface area contributed by atoms with Gasteiger partial charge in [0.1, 0.15) is 0 Å². The summed E-state index contributed by atoms with van der Waals surface area (Å²) < 4.78 is 1.04. The number of halogens is 1. The van der Waals surface area contributed by atoms with Crippen LogP contribution in [0.1, 0.15) is 38.8 Å². The summed E-state index contributed by atoms with van der Waals surface area (Å²) in [6.07, 6.45) is 0.931. The van der Waals surface area contributed by atoms with Crippen LogP contribution in [0.25, 0.3) is 0 Å². The molecule has 2 unspecified atom stereocenters. The van der Waals surface area contributed by atoms with Gasteiger partial charge >= 0.3 is 6.03 Å². The van der Waals surface area contributed by atoms with Crippen LogP contribution < -0.4 is 10.6 Å². The molecule has 0 saturated carbocycles. The van der Waals surface area contributed by atoms with E-state index in [0.717, 1.165) is 16.5 Å². The van der Waals surface area contributed by atoms with Gasteiger partial charge in [-0.2, -0.15) is 0 Å². The number of carbonyl (C=O) groups is 1. The molecule has 0 fully saturated rings. The van der Waals surface area contributed by atoms with Crippen LogP contribution in [0, 0.1) is 0 Å². The second-order valence-electron chi connectivity index (χ2n) is 4.20. The van der Waals surface area contributed by atoms with Crippen molar-refractivity contribution in [1.29, 1.82) is 0 Å². The minimum absolute atomic E-state index is 0.00663. The first-order chi connectivity index (χ1) is 8.02. The summed E-state index contributed by atoms with van der Waals surface area (Å²) >= 11 is 3.39. The van der Waals surface area contributed by atoms with Gasteiger partial charge in [-0.25, -0.2) is 4.79 Å². The molecule has 17 heavy (non-hydrogen) atoms. The molecule has 0 bridgehead atoms. The molecule has 0 aromatic heterocycles. The van der Waals surface area contributed by atoms with E-state index in [4.69, 9.17) is 0 Å². The minimum Gasteiger partial charge on any atom is -0.336 e. The topological polar surface area (TPSA) is 41.1 Å². The zero-order valence-corrected chi connectivity index (χ0v) is 12.0. The Bertz CT molecular complexity index is 364. The Morgan fingerprint density at radius 3 is 2.35 bits per heavy atom. The number of hydrogen-bond acceptors (Lipinski definition) is 1. The van der Waals surface area contributed by atoms with Gasteiger partial charge in [-0.15, -0.1) is 0 Å². The molecule has 0 radical (unpaired) electrons. The van der Waals surface area contributed by atoms with Crippen molar-refractivity contribution >= 4 is 22.0 Å². The molecule has 3 nitrogen and oxygen atoms in total. The zero-order valence-electron chi connectivity index (χ0n) is 10.5. The van der Waals surface area contributed by atoms with Crippen LogP contribution in [-0.2, 0) is 0 Å². The zero-order chi connectivity index (χ0) is 12.8. The molecule has 2 atom stereocenters. The molecule has 0 aliphatic rings. The van der Waals surface area contributed by atoms with Crippen molar-refractivity contribution in [2.24, 2.45) is 0 Å². The predicted octanol–water partition coefficient (Wildman–Crippen LogP) is 3.61. The second kappa shape index (κ2) is 6.64. The molecule has 4 heteroatoms. The first-order valence-electron chi connectivity index (χ1n) is 5.85. The van der Waals surface area contributed by atoms with Crippen LogP contribution in [0.15, 0.2) is 28.7 Å². The van der Waals surface area contributed by atoms with Crippen LogP contribution in [0.4, 0.5) is 4.79 Å². The van der Waals surface area contributed by atoms with Gasteiger partial charge in [-0.3, -0.25) is 0 Å². The molecular formula is C13H19BrN2O. The highest BCUT2D eigenvalue weighted by molar-refractivity contribution is 9.10. The van der Waals surface area contributed by atoms with Gasteiger partial charge in [0.05, 0.1) is 6.04 Å². The van der Waals surface area contributed by atoms with Crippen molar-refractivity contribution in [2.75, 3.05) is 0 Å². The highest BCUT2D eigenvalue weighted by Crippen LogP contribution is 2.16. The lowest BCUT2D eigenvalue weighted by Gasteiger charge is -2.17.